The van der Waals surface area contributed by atoms with Gasteiger partial charge in [0.15, 0.2) is 0 Å². The fraction of sp³-hybridized carbons (Fsp3) is 0.409. The molecule has 0 spiro atoms. The SMILES string of the molecule is COc1ccccc1-c1ccccc1C(=O)NCC1CCN(C2CC2)C1. The van der Waals surface area contributed by atoms with Gasteiger partial charge in [-0.25, -0.2) is 0 Å². The van der Waals surface area contributed by atoms with Crippen LogP contribution < -0.4 is 10.1 Å². The summed E-state index contributed by atoms with van der Waals surface area (Å²) in [6.45, 7) is 3.06. The molecule has 1 aliphatic carbocycles. The summed E-state index contributed by atoms with van der Waals surface area (Å²) in [5, 5.41) is 3.16. The first-order valence-corrected chi connectivity index (χ1v) is 9.51. The smallest absolute Gasteiger partial charge is 0.251 e. The number of likely N-dealkylation sites (tertiary alicyclic amines) is 1. The van der Waals surface area contributed by atoms with Crippen LogP contribution in [0.1, 0.15) is 29.6 Å². The molecule has 1 atom stereocenters. The summed E-state index contributed by atoms with van der Waals surface area (Å²) in [6, 6.07) is 16.4. The number of hydrogen-bond acceptors (Lipinski definition) is 3. The minimum Gasteiger partial charge on any atom is -0.496 e. The summed E-state index contributed by atoms with van der Waals surface area (Å²) in [6.07, 6.45) is 3.89. The van der Waals surface area contributed by atoms with Gasteiger partial charge in [0, 0.05) is 30.3 Å². The normalized spacial score (nSPS) is 20.1. The van der Waals surface area contributed by atoms with Crippen molar-refractivity contribution in [1.82, 2.24) is 10.2 Å². The van der Waals surface area contributed by atoms with Gasteiger partial charge in [-0.05, 0) is 49.4 Å². The van der Waals surface area contributed by atoms with E-state index in [1.54, 1.807) is 7.11 Å². The van der Waals surface area contributed by atoms with Gasteiger partial charge in [0.25, 0.3) is 5.91 Å². The number of methoxy groups -OCH3 is 1. The van der Waals surface area contributed by atoms with Crippen molar-refractivity contribution in [3.8, 4) is 16.9 Å². The third-order valence-corrected chi connectivity index (χ3v) is 5.50. The Bertz CT molecular complexity index is 785. The number of carbonyl (C=O) groups is 1. The van der Waals surface area contributed by atoms with E-state index in [1.165, 1.54) is 25.8 Å². The van der Waals surface area contributed by atoms with E-state index in [9.17, 15) is 4.79 Å². The summed E-state index contributed by atoms with van der Waals surface area (Å²) in [5.41, 5.74) is 2.56. The van der Waals surface area contributed by atoms with Crippen LogP contribution in [0, 0.1) is 5.92 Å². The standard InChI is InChI=1S/C22H26N2O2/c1-26-21-9-5-4-7-19(21)18-6-2-3-8-20(18)22(25)23-14-16-12-13-24(15-16)17-10-11-17/h2-9,16-17H,10-15H2,1H3,(H,23,25). The molecule has 2 aromatic carbocycles. The first-order valence-electron chi connectivity index (χ1n) is 9.51. The second-order valence-electron chi connectivity index (χ2n) is 7.34. The molecule has 0 radical (unpaired) electrons. The Hall–Kier alpha value is -2.33. The van der Waals surface area contributed by atoms with Gasteiger partial charge in [0.2, 0.25) is 0 Å². The summed E-state index contributed by atoms with van der Waals surface area (Å²) in [7, 11) is 1.66. The van der Waals surface area contributed by atoms with E-state index in [1.807, 2.05) is 48.5 Å². The molecule has 2 aliphatic rings. The molecule has 136 valence electrons. The van der Waals surface area contributed by atoms with Crippen LogP contribution in [0.4, 0.5) is 0 Å². The van der Waals surface area contributed by atoms with Crippen LogP contribution in [0.5, 0.6) is 5.75 Å². The quantitative estimate of drug-likeness (QED) is 0.866. The highest BCUT2D eigenvalue weighted by Crippen LogP contribution is 2.33. The zero-order valence-corrected chi connectivity index (χ0v) is 15.3. The van der Waals surface area contributed by atoms with Crippen LogP contribution in [0.3, 0.4) is 0 Å². The van der Waals surface area contributed by atoms with Crippen LogP contribution in [0.15, 0.2) is 48.5 Å². The number of para-hydroxylation sites is 1. The molecule has 2 fully saturated rings. The Kier molecular flexibility index (Phi) is 4.93. The largest absolute Gasteiger partial charge is 0.496 e. The van der Waals surface area contributed by atoms with Crippen LogP contribution in [0.2, 0.25) is 0 Å². The molecule has 1 amide bonds. The van der Waals surface area contributed by atoms with Gasteiger partial charge in [-0.2, -0.15) is 0 Å². The van der Waals surface area contributed by atoms with Crippen molar-refractivity contribution in [3.05, 3.63) is 54.1 Å². The Morgan fingerprint density at radius 1 is 1.08 bits per heavy atom. The predicted octanol–water partition coefficient (Wildman–Crippen LogP) is 3.58. The number of nitrogens with zero attached hydrogens (tertiary/aromatic N) is 1. The molecule has 2 aromatic rings. The first-order chi connectivity index (χ1) is 12.8. The minimum atomic E-state index is -0.00335. The number of ether oxygens (including phenoxy) is 1. The Labute approximate surface area is 155 Å². The van der Waals surface area contributed by atoms with Crippen molar-refractivity contribution >= 4 is 5.91 Å². The molecular weight excluding hydrogens is 324 g/mol. The number of carbonyl (C=O) groups excluding carboxylic acids is 1. The highest BCUT2D eigenvalue weighted by atomic mass is 16.5. The molecule has 4 rings (SSSR count). The molecule has 4 nitrogen and oxygen atoms in total. The van der Waals surface area contributed by atoms with E-state index in [-0.39, 0.29) is 5.91 Å². The fourth-order valence-corrected chi connectivity index (χ4v) is 3.92. The highest BCUT2D eigenvalue weighted by Gasteiger charge is 2.34. The third-order valence-electron chi connectivity index (χ3n) is 5.50. The zero-order chi connectivity index (χ0) is 17.9. The maximum atomic E-state index is 12.9. The molecule has 0 bridgehead atoms. The Morgan fingerprint density at radius 3 is 2.58 bits per heavy atom. The number of hydrogen-bond donors (Lipinski definition) is 1. The van der Waals surface area contributed by atoms with Gasteiger partial charge in [-0.1, -0.05) is 36.4 Å². The second kappa shape index (κ2) is 7.50. The van der Waals surface area contributed by atoms with E-state index in [0.29, 0.717) is 11.5 Å². The Morgan fingerprint density at radius 2 is 1.81 bits per heavy atom. The number of benzene rings is 2. The zero-order valence-electron chi connectivity index (χ0n) is 15.3. The maximum Gasteiger partial charge on any atom is 0.251 e. The summed E-state index contributed by atoms with van der Waals surface area (Å²) >= 11 is 0. The highest BCUT2D eigenvalue weighted by molar-refractivity contribution is 6.01. The molecule has 1 aliphatic heterocycles. The monoisotopic (exact) mass is 350 g/mol. The molecule has 1 saturated heterocycles. The van der Waals surface area contributed by atoms with E-state index in [2.05, 4.69) is 10.2 Å². The molecule has 4 heteroatoms. The van der Waals surface area contributed by atoms with Crippen molar-refractivity contribution in [2.45, 2.75) is 25.3 Å². The lowest BCUT2D eigenvalue weighted by atomic mass is 9.98. The third kappa shape index (κ3) is 3.61. The van der Waals surface area contributed by atoms with Gasteiger partial charge >= 0.3 is 0 Å². The van der Waals surface area contributed by atoms with Gasteiger partial charge < -0.3 is 15.0 Å². The topological polar surface area (TPSA) is 41.6 Å². The van der Waals surface area contributed by atoms with Crippen LogP contribution >= 0.6 is 0 Å². The predicted molar refractivity (Wildman–Crippen MR) is 103 cm³/mol. The fourth-order valence-electron chi connectivity index (χ4n) is 3.92. The van der Waals surface area contributed by atoms with Crippen molar-refractivity contribution in [2.24, 2.45) is 5.92 Å². The minimum absolute atomic E-state index is 0.00335. The molecule has 1 saturated carbocycles. The first kappa shape index (κ1) is 17.1. The van der Waals surface area contributed by atoms with Crippen molar-refractivity contribution in [3.63, 3.8) is 0 Å². The number of amides is 1. The van der Waals surface area contributed by atoms with Crippen molar-refractivity contribution in [2.75, 3.05) is 26.7 Å². The molecule has 1 heterocycles. The van der Waals surface area contributed by atoms with Gasteiger partial charge in [0.05, 0.1) is 7.11 Å². The molecule has 26 heavy (non-hydrogen) atoms. The van der Waals surface area contributed by atoms with Crippen LogP contribution in [-0.2, 0) is 0 Å². The van der Waals surface area contributed by atoms with Crippen LogP contribution in [0.25, 0.3) is 11.1 Å². The van der Waals surface area contributed by atoms with E-state index in [4.69, 9.17) is 4.74 Å². The number of nitrogens with one attached hydrogen (secondary N) is 1. The van der Waals surface area contributed by atoms with Crippen molar-refractivity contribution in [1.29, 1.82) is 0 Å². The molecule has 1 N–H and O–H groups in total. The van der Waals surface area contributed by atoms with Gasteiger partial charge in [-0.3, -0.25) is 4.79 Å². The lowest BCUT2D eigenvalue weighted by Crippen LogP contribution is -2.31. The van der Waals surface area contributed by atoms with Crippen LogP contribution in [-0.4, -0.2) is 43.6 Å². The average molecular weight is 350 g/mol. The second-order valence-corrected chi connectivity index (χ2v) is 7.34. The Balaban J connectivity index is 1.46. The molecule has 0 aromatic heterocycles. The van der Waals surface area contributed by atoms with E-state index >= 15 is 0 Å². The van der Waals surface area contributed by atoms with E-state index < -0.39 is 0 Å². The van der Waals surface area contributed by atoms with E-state index in [0.717, 1.165) is 36.0 Å². The lowest BCUT2D eigenvalue weighted by Gasteiger charge is -2.16. The van der Waals surface area contributed by atoms with Gasteiger partial charge in [-0.15, -0.1) is 0 Å². The molecule has 1 unspecified atom stereocenters. The molecular formula is C22H26N2O2. The van der Waals surface area contributed by atoms with Gasteiger partial charge in [0.1, 0.15) is 5.75 Å². The maximum absolute atomic E-state index is 12.9. The average Bonchev–Trinajstić information content (AvgIpc) is 3.44. The van der Waals surface area contributed by atoms with Crippen molar-refractivity contribution < 1.29 is 9.53 Å². The summed E-state index contributed by atoms with van der Waals surface area (Å²) in [5.74, 6) is 1.35. The summed E-state index contributed by atoms with van der Waals surface area (Å²) < 4.78 is 5.48. The lowest BCUT2D eigenvalue weighted by molar-refractivity contribution is 0.0948. The number of rotatable bonds is 6. The summed E-state index contributed by atoms with van der Waals surface area (Å²) in [4.78, 5) is 15.4.